The van der Waals surface area contributed by atoms with E-state index in [1.54, 1.807) is 26.0 Å². The van der Waals surface area contributed by atoms with E-state index in [9.17, 15) is 14.0 Å². The number of aromatic nitrogens is 2. The number of pyridine rings is 1. The highest BCUT2D eigenvalue weighted by Gasteiger charge is 2.22. The number of fused-ring (bicyclic) bond motifs is 1. The fourth-order valence-corrected chi connectivity index (χ4v) is 2.82. The van der Waals surface area contributed by atoms with Gasteiger partial charge in [0.05, 0.1) is 12.1 Å². The van der Waals surface area contributed by atoms with Crippen LogP contribution < -0.4 is 20.9 Å². The van der Waals surface area contributed by atoms with Crippen LogP contribution in [0.3, 0.4) is 0 Å². The molecule has 0 aliphatic rings. The smallest absolute Gasteiger partial charge is 0.273 e. The third-order valence-corrected chi connectivity index (χ3v) is 4.16. The topological polar surface area (TPSA) is 84.7 Å². The van der Waals surface area contributed by atoms with E-state index in [1.165, 1.54) is 35.9 Å². The first-order chi connectivity index (χ1) is 13.3. The lowest BCUT2D eigenvalue weighted by Crippen LogP contribution is -2.36. The number of nitrogens with one attached hydrogen (secondary N) is 2. The molecule has 1 amide bonds. The van der Waals surface area contributed by atoms with Crippen LogP contribution in [0.4, 0.5) is 15.9 Å². The van der Waals surface area contributed by atoms with E-state index in [0.717, 1.165) is 0 Å². The number of halogens is 2. The lowest BCUT2D eigenvalue weighted by atomic mass is 10.2. The molecule has 2 aromatic heterocycles. The molecule has 0 fully saturated rings. The maximum absolute atomic E-state index is 13.5. The van der Waals surface area contributed by atoms with E-state index in [1.807, 2.05) is 0 Å². The molecular formula is C19H18ClFN4O3. The van der Waals surface area contributed by atoms with Crippen molar-refractivity contribution in [2.24, 2.45) is 0 Å². The second kappa shape index (κ2) is 7.85. The number of hydrogen-bond donors (Lipinski definition) is 2. The summed E-state index contributed by atoms with van der Waals surface area (Å²) < 4.78 is 19.9. The lowest BCUT2D eigenvalue weighted by Gasteiger charge is -2.15. The van der Waals surface area contributed by atoms with Gasteiger partial charge >= 0.3 is 0 Å². The SMILES string of the molecule is COc1cccn2c(=O)c(C(=O)NC(C)C)c(Nc3ccc(F)c(Cl)c3)nc12. The summed E-state index contributed by atoms with van der Waals surface area (Å²) in [5.41, 5.74) is -0.152. The number of nitrogens with zero attached hydrogens (tertiary/aromatic N) is 2. The van der Waals surface area contributed by atoms with Gasteiger partial charge in [0.25, 0.3) is 11.5 Å². The number of carbonyl (C=O) groups excluding carboxylic acids is 1. The van der Waals surface area contributed by atoms with Gasteiger partial charge in [0.1, 0.15) is 11.4 Å². The molecule has 0 aliphatic carbocycles. The molecule has 0 aliphatic heterocycles. The molecule has 0 atom stereocenters. The van der Waals surface area contributed by atoms with Crippen LogP contribution in [0, 0.1) is 5.82 Å². The molecule has 3 aromatic rings. The van der Waals surface area contributed by atoms with Gasteiger partial charge in [0.2, 0.25) is 0 Å². The molecule has 0 unspecified atom stereocenters. The first kappa shape index (κ1) is 19.6. The van der Waals surface area contributed by atoms with Gasteiger partial charge in [-0.1, -0.05) is 11.6 Å². The minimum absolute atomic E-state index is 0.00956. The van der Waals surface area contributed by atoms with E-state index in [0.29, 0.717) is 11.4 Å². The number of benzene rings is 1. The highest BCUT2D eigenvalue weighted by atomic mass is 35.5. The molecule has 0 spiro atoms. The molecule has 0 radical (unpaired) electrons. The van der Waals surface area contributed by atoms with Gasteiger partial charge in [-0.2, -0.15) is 0 Å². The molecule has 2 N–H and O–H groups in total. The molecule has 1 aromatic carbocycles. The van der Waals surface area contributed by atoms with Crippen LogP contribution >= 0.6 is 11.6 Å². The van der Waals surface area contributed by atoms with Crippen molar-refractivity contribution < 1.29 is 13.9 Å². The highest BCUT2D eigenvalue weighted by molar-refractivity contribution is 6.31. The van der Waals surface area contributed by atoms with Crippen LogP contribution in [-0.2, 0) is 0 Å². The maximum atomic E-state index is 13.5. The zero-order valence-electron chi connectivity index (χ0n) is 15.4. The van der Waals surface area contributed by atoms with E-state index in [-0.39, 0.29) is 28.1 Å². The number of amides is 1. The lowest BCUT2D eigenvalue weighted by molar-refractivity contribution is 0.0942. The highest BCUT2D eigenvalue weighted by Crippen LogP contribution is 2.25. The Kier molecular flexibility index (Phi) is 5.51. The summed E-state index contributed by atoms with van der Waals surface area (Å²) >= 11 is 5.82. The standard InChI is InChI=1S/C19H18ClFN4O3/c1-10(2)22-18(26)15-16(23-11-6-7-13(21)12(20)9-11)24-17-14(28-3)5-4-8-25(17)19(15)27/h4-10,23H,1-3H3,(H,22,26). The summed E-state index contributed by atoms with van der Waals surface area (Å²) in [4.78, 5) is 30.1. The Morgan fingerprint density at radius 1 is 1.32 bits per heavy atom. The van der Waals surface area contributed by atoms with Crippen molar-refractivity contribution >= 4 is 34.7 Å². The molecule has 2 heterocycles. The van der Waals surface area contributed by atoms with Crippen molar-refractivity contribution in [2.75, 3.05) is 12.4 Å². The molecule has 3 rings (SSSR count). The van der Waals surface area contributed by atoms with E-state index < -0.39 is 17.3 Å². The fraction of sp³-hybridized carbons (Fsp3) is 0.211. The van der Waals surface area contributed by atoms with Crippen LogP contribution in [0.5, 0.6) is 5.75 Å². The van der Waals surface area contributed by atoms with E-state index in [4.69, 9.17) is 16.3 Å². The van der Waals surface area contributed by atoms with Gasteiger partial charge in [-0.05, 0) is 44.2 Å². The number of ether oxygens (including phenoxy) is 1. The minimum Gasteiger partial charge on any atom is -0.493 e. The predicted octanol–water partition coefficient (Wildman–Crippen LogP) is 3.38. The molecule has 28 heavy (non-hydrogen) atoms. The summed E-state index contributed by atoms with van der Waals surface area (Å²) in [6, 6.07) is 7.02. The second-order valence-electron chi connectivity index (χ2n) is 6.29. The van der Waals surface area contributed by atoms with Crippen LogP contribution in [0.15, 0.2) is 41.3 Å². The monoisotopic (exact) mass is 404 g/mol. The minimum atomic E-state index is -0.585. The number of carbonyl (C=O) groups is 1. The number of methoxy groups -OCH3 is 1. The number of hydrogen-bond acceptors (Lipinski definition) is 5. The number of rotatable bonds is 5. The van der Waals surface area contributed by atoms with Gasteiger partial charge in [-0.3, -0.25) is 14.0 Å². The van der Waals surface area contributed by atoms with Crippen molar-refractivity contribution in [1.82, 2.24) is 14.7 Å². The molecule has 0 saturated heterocycles. The average Bonchev–Trinajstić information content (AvgIpc) is 2.64. The second-order valence-corrected chi connectivity index (χ2v) is 6.70. The Balaban J connectivity index is 2.23. The van der Waals surface area contributed by atoms with E-state index >= 15 is 0 Å². The normalized spacial score (nSPS) is 10.9. The predicted molar refractivity (Wildman–Crippen MR) is 105 cm³/mol. The first-order valence-corrected chi connectivity index (χ1v) is 8.82. The molecule has 146 valence electrons. The molecule has 7 nitrogen and oxygen atoms in total. The summed E-state index contributed by atoms with van der Waals surface area (Å²) in [7, 11) is 1.45. The van der Waals surface area contributed by atoms with Crippen LogP contribution in [0.2, 0.25) is 5.02 Å². The van der Waals surface area contributed by atoms with Crippen molar-refractivity contribution in [1.29, 1.82) is 0 Å². The molecule has 9 heteroatoms. The Morgan fingerprint density at radius 2 is 2.07 bits per heavy atom. The Hall–Kier alpha value is -3.13. The third-order valence-electron chi connectivity index (χ3n) is 3.87. The van der Waals surface area contributed by atoms with Gasteiger partial charge in [-0.25, -0.2) is 9.37 Å². The zero-order chi connectivity index (χ0) is 20.4. The molecule has 0 saturated carbocycles. The van der Waals surface area contributed by atoms with Crippen LogP contribution in [0.25, 0.3) is 5.65 Å². The Morgan fingerprint density at radius 3 is 2.71 bits per heavy atom. The Labute approximate surface area is 165 Å². The summed E-state index contributed by atoms with van der Waals surface area (Å²) in [5.74, 6) is -0.801. The van der Waals surface area contributed by atoms with Crippen LogP contribution in [-0.4, -0.2) is 28.4 Å². The Bertz CT molecular complexity index is 1110. The van der Waals surface area contributed by atoms with Gasteiger partial charge in [0.15, 0.2) is 17.2 Å². The summed E-state index contributed by atoms with van der Waals surface area (Å²) in [6.07, 6.45) is 1.50. The van der Waals surface area contributed by atoms with Crippen molar-refractivity contribution in [3.8, 4) is 5.75 Å². The quantitative estimate of drug-likeness (QED) is 0.681. The fourth-order valence-electron chi connectivity index (χ4n) is 2.64. The van der Waals surface area contributed by atoms with Crippen LogP contribution in [0.1, 0.15) is 24.2 Å². The first-order valence-electron chi connectivity index (χ1n) is 8.44. The average molecular weight is 405 g/mol. The van der Waals surface area contributed by atoms with Gasteiger partial charge in [0, 0.05) is 17.9 Å². The van der Waals surface area contributed by atoms with Crippen molar-refractivity contribution in [3.63, 3.8) is 0 Å². The summed E-state index contributed by atoms with van der Waals surface area (Å²) in [6.45, 7) is 3.56. The largest absolute Gasteiger partial charge is 0.493 e. The van der Waals surface area contributed by atoms with Gasteiger partial charge in [-0.15, -0.1) is 0 Å². The van der Waals surface area contributed by atoms with Crippen molar-refractivity contribution in [3.05, 3.63) is 63.3 Å². The molecular weight excluding hydrogens is 387 g/mol. The van der Waals surface area contributed by atoms with E-state index in [2.05, 4.69) is 15.6 Å². The van der Waals surface area contributed by atoms with Crippen molar-refractivity contribution in [2.45, 2.75) is 19.9 Å². The number of anilines is 2. The maximum Gasteiger partial charge on any atom is 0.273 e. The third kappa shape index (κ3) is 3.77. The summed E-state index contributed by atoms with van der Waals surface area (Å²) in [5, 5.41) is 5.47. The van der Waals surface area contributed by atoms with Gasteiger partial charge < -0.3 is 15.4 Å². The molecule has 0 bridgehead atoms. The zero-order valence-corrected chi connectivity index (χ0v) is 16.2.